The zero-order valence-electron chi connectivity index (χ0n) is 10.6. The van der Waals surface area contributed by atoms with Crippen LogP contribution in [0.3, 0.4) is 0 Å². The average molecular weight is 278 g/mol. The number of anilines is 2. The van der Waals surface area contributed by atoms with Crippen LogP contribution in [0.1, 0.15) is 28.0 Å². The third-order valence-electron chi connectivity index (χ3n) is 2.48. The summed E-state index contributed by atoms with van der Waals surface area (Å²) in [5, 5.41) is 3.28. The van der Waals surface area contributed by atoms with Gasteiger partial charge in [-0.3, -0.25) is 10.1 Å². The van der Waals surface area contributed by atoms with Gasteiger partial charge in [0.05, 0.1) is 18.1 Å². The molecule has 0 saturated carbocycles. The minimum atomic E-state index is -0.340. The molecule has 0 aliphatic heterocycles. The number of aryl methyl sites for hydroxylation is 2. The Morgan fingerprint density at radius 3 is 2.74 bits per heavy atom. The molecular formula is C11H14N6OS. The minimum Gasteiger partial charge on any atom is -0.307 e. The Balaban J connectivity index is 2.11. The van der Waals surface area contributed by atoms with Crippen LogP contribution in [0.15, 0.2) is 12.4 Å². The molecular weight excluding hydrogens is 264 g/mol. The summed E-state index contributed by atoms with van der Waals surface area (Å²) in [5.41, 5.74) is 3.55. The summed E-state index contributed by atoms with van der Waals surface area (Å²) in [4.78, 5) is 25.2. The Kier molecular flexibility index (Phi) is 4.03. The number of hydrazine groups is 1. The maximum atomic E-state index is 11.9. The van der Waals surface area contributed by atoms with E-state index in [0.717, 1.165) is 17.0 Å². The highest BCUT2D eigenvalue weighted by molar-refractivity contribution is 7.15. The number of hydrogen-bond donors (Lipinski definition) is 3. The fraction of sp³-hybridized carbons (Fsp3) is 0.273. The number of thiazole rings is 1. The summed E-state index contributed by atoms with van der Waals surface area (Å²) in [6.45, 7) is 4.01. The van der Waals surface area contributed by atoms with Crippen LogP contribution < -0.4 is 16.6 Å². The van der Waals surface area contributed by atoms with Crippen LogP contribution in [0.25, 0.3) is 0 Å². The first-order chi connectivity index (χ1) is 9.13. The van der Waals surface area contributed by atoms with Crippen molar-refractivity contribution in [2.45, 2.75) is 20.3 Å². The van der Waals surface area contributed by atoms with Gasteiger partial charge in [-0.15, -0.1) is 11.3 Å². The number of hydrogen-bond acceptors (Lipinski definition) is 7. The van der Waals surface area contributed by atoms with Crippen LogP contribution in [-0.4, -0.2) is 20.9 Å². The molecule has 0 aromatic carbocycles. The highest BCUT2D eigenvalue weighted by Gasteiger charge is 2.12. The number of nitrogens with one attached hydrogen (secondary N) is 2. The predicted molar refractivity (Wildman–Crippen MR) is 74.0 cm³/mol. The van der Waals surface area contributed by atoms with Crippen molar-refractivity contribution < 1.29 is 4.79 Å². The topological polar surface area (TPSA) is 106 Å². The molecule has 0 saturated heterocycles. The van der Waals surface area contributed by atoms with Crippen LogP contribution in [-0.2, 0) is 6.42 Å². The molecule has 2 aromatic heterocycles. The molecule has 1 amide bonds. The van der Waals surface area contributed by atoms with Crippen molar-refractivity contribution in [1.82, 2.24) is 15.0 Å². The van der Waals surface area contributed by atoms with Gasteiger partial charge in [-0.1, -0.05) is 6.92 Å². The van der Waals surface area contributed by atoms with Gasteiger partial charge in [-0.2, -0.15) is 0 Å². The van der Waals surface area contributed by atoms with E-state index in [0.29, 0.717) is 10.9 Å². The van der Waals surface area contributed by atoms with Gasteiger partial charge in [0.2, 0.25) is 0 Å². The van der Waals surface area contributed by atoms with E-state index in [1.165, 1.54) is 23.7 Å². The smallest absolute Gasteiger partial charge is 0.277 e. The first-order valence-electron chi connectivity index (χ1n) is 5.70. The summed E-state index contributed by atoms with van der Waals surface area (Å²) >= 11 is 1.45. The molecule has 2 heterocycles. The first kappa shape index (κ1) is 13.4. The van der Waals surface area contributed by atoms with Gasteiger partial charge in [0.25, 0.3) is 5.91 Å². The van der Waals surface area contributed by atoms with Gasteiger partial charge in [0.1, 0.15) is 5.69 Å². The summed E-state index contributed by atoms with van der Waals surface area (Å²) in [5.74, 6) is 5.23. The van der Waals surface area contributed by atoms with Gasteiger partial charge < -0.3 is 5.43 Å². The molecule has 2 aromatic rings. The number of aromatic nitrogens is 3. The number of nitrogens with zero attached hydrogens (tertiary/aromatic N) is 3. The maximum Gasteiger partial charge on any atom is 0.277 e. The second kappa shape index (κ2) is 5.72. The van der Waals surface area contributed by atoms with Gasteiger partial charge in [-0.25, -0.2) is 20.8 Å². The molecule has 19 heavy (non-hydrogen) atoms. The second-order valence-corrected chi connectivity index (χ2v) is 4.96. The van der Waals surface area contributed by atoms with E-state index in [1.807, 2.05) is 13.8 Å². The van der Waals surface area contributed by atoms with Crippen molar-refractivity contribution in [3.05, 3.63) is 28.7 Å². The zero-order chi connectivity index (χ0) is 13.8. The molecule has 0 spiro atoms. The number of carbonyl (C=O) groups is 1. The van der Waals surface area contributed by atoms with Gasteiger partial charge in [0.15, 0.2) is 10.9 Å². The fourth-order valence-electron chi connectivity index (χ4n) is 1.49. The molecule has 4 N–H and O–H groups in total. The summed E-state index contributed by atoms with van der Waals surface area (Å²) < 4.78 is 0. The Labute approximate surface area is 114 Å². The summed E-state index contributed by atoms with van der Waals surface area (Å²) in [6.07, 6.45) is 3.58. The van der Waals surface area contributed by atoms with Crippen molar-refractivity contribution in [1.29, 1.82) is 0 Å². The van der Waals surface area contributed by atoms with E-state index in [4.69, 9.17) is 5.84 Å². The third kappa shape index (κ3) is 3.04. The molecule has 7 nitrogen and oxygen atoms in total. The lowest BCUT2D eigenvalue weighted by Gasteiger charge is -2.01. The van der Waals surface area contributed by atoms with Gasteiger partial charge in [-0.05, 0) is 13.3 Å². The van der Waals surface area contributed by atoms with E-state index in [1.54, 1.807) is 0 Å². The van der Waals surface area contributed by atoms with E-state index in [-0.39, 0.29) is 11.6 Å². The molecule has 2 rings (SSSR count). The van der Waals surface area contributed by atoms with Crippen molar-refractivity contribution >= 4 is 28.2 Å². The lowest BCUT2D eigenvalue weighted by molar-refractivity contribution is 0.102. The number of carbonyl (C=O) groups excluding carboxylic acids is 1. The van der Waals surface area contributed by atoms with Crippen LogP contribution in [0.4, 0.5) is 10.9 Å². The standard InChI is InChI=1S/C11H14N6OS/c1-3-7-6(2)19-11(15-7)16-10(18)8-4-14-9(17-12)5-13-8/h4-5H,3,12H2,1-2H3,(H,14,17)(H,15,16,18). The molecule has 8 heteroatoms. The summed E-state index contributed by atoms with van der Waals surface area (Å²) in [7, 11) is 0. The zero-order valence-corrected chi connectivity index (χ0v) is 11.4. The highest BCUT2D eigenvalue weighted by Crippen LogP contribution is 2.22. The first-order valence-corrected chi connectivity index (χ1v) is 6.52. The van der Waals surface area contributed by atoms with Crippen LogP contribution >= 0.6 is 11.3 Å². The molecule has 0 atom stereocenters. The fourth-order valence-corrected chi connectivity index (χ4v) is 2.39. The maximum absolute atomic E-state index is 11.9. The number of amides is 1. The quantitative estimate of drug-likeness (QED) is 0.575. The average Bonchev–Trinajstić information content (AvgIpc) is 2.78. The second-order valence-electron chi connectivity index (χ2n) is 3.76. The summed E-state index contributed by atoms with van der Waals surface area (Å²) in [6, 6.07) is 0. The molecule has 0 bridgehead atoms. The van der Waals surface area contributed by atoms with E-state index in [2.05, 4.69) is 25.7 Å². The number of rotatable bonds is 4. The molecule has 0 aliphatic carbocycles. The monoisotopic (exact) mass is 278 g/mol. The molecule has 0 radical (unpaired) electrons. The predicted octanol–water partition coefficient (Wildman–Crippen LogP) is 1.34. The Morgan fingerprint density at radius 2 is 2.21 bits per heavy atom. The van der Waals surface area contributed by atoms with Crippen molar-refractivity contribution in [2.75, 3.05) is 10.7 Å². The molecule has 100 valence electrons. The van der Waals surface area contributed by atoms with Crippen molar-refractivity contribution in [3.8, 4) is 0 Å². The Hall–Kier alpha value is -2.06. The lowest BCUT2D eigenvalue weighted by Crippen LogP contribution is -2.15. The van der Waals surface area contributed by atoms with Crippen molar-refractivity contribution in [2.24, 2.45) is 5.84 Å². The SMILES string of the molecule is CCc1nc(NC(=O)c2cnc(NN)cn2)sc1C. The van der Waals surface area contributed by atoms with Crippen LogP contribution in [0.2, 0.25) is 0 Å². The van der Waals surface area contributed by atoms with E-state index < -0.39 is 0 Å². The van der Waals surface area contributed by atoms with Crippen LogP contribution in [0.5, 0.6) is 0 Å². The lowest BCUT2D eigenvalue weighted by atomic mass is 10.3. The molecule has 0 fully saturated rings. The minimum absolute atomic E-state index is 0.213. The van der Waals surface area contributed by atoms with Crippen LogP contribution in [0, 0.1) is 6.92 Å². The van der Waals surface area contributed by atoms with Gasteiger partial charge >= 0.3 is 0 Å². The van der Waals surface area contributed by atoms with E-state index >= 15 is 0 Å². The Morgan fingerprint density at radius 1 is 1.42 bits per heavy atom. The highest BCUT2D eigenvalue weighted by atomic mass is 32.1. The van der Waals surface area contributed by atoms with Crippen molar-refractivity contribution in [3.63, 3.8) is 0 Å². The number of nitrogens with two attached hydrogens (primary N) is 1. The van der Waals surface area contributed by atoms with E-state index in [9.17, 15) is 4.79 Å². The molecule has 0 aliphatic rings. The largest absolute Gasteiger partial charge is 0.307 e. The van der Waals surface area contributed by atoms with Gasteiger partial charge in [0, 0.05) is 4.88 Å². The normalized spacial score (nSPS) is 10.3. The Bertz CT molecular complexity index is 579. The molecule has 0 unspecified atom stereocenters. The third-order valence-corrected chi connectivity index (χ3v) is 3.41. The number of nitrogen functional groups attached to an aromatic ring is 1.